The van der Waals surface area contributed by atoms with Gasteiger partial charge in [0, 0.05) is 0 Å². The van der Waals surface area contributed by atoms with E-state index in [2.05, 4.69) is 0 Å². The monoisotopic (exact) mass is 338 g/mol. The van der Waals surface area contributed by atoms with Crippen molar-refractivity contribution in [1.82, 2.24) is 0 Å². The van der Waals surface area contributed by atoms with Gasteiger partial charge in [0.05, 0.1) is 14.9 Å². The number of halogens is 4. The Morgan fingerprint density at radius 3 is 2.58 bits per heavy atom. The third-order valence-corrected chi connectivity index (χ3v) is 3.99. The van der Waals surface area contributed by atoms with Gasteiger partial charge < -0.3 is 4.74 Å². The number of carbonyl (C=O) groups is 1. The maximum Gasteiger partial charge on any atom is 0.202 e. The second-order valence-corrected chi connectivity index (χ2v) is 6.22. The van der Waals surface area contributed by atoms with Crippen LogP contribution < -0.4 is 4.74 Å². The maximum absolute atomic E-state index is 12.8. The standard InChI is InChI=1S/C12H6Cl3FO2S/c13-8-3-6(16)1-2-10(8)18-5-9(17)7-4-11(14)19-12(7)15/h1-4H,5H2. The van der Waals surface area contributed by atoms with Crippen molar-refractivity contribution in [2.24, 2.45) is 0 Å². The Labute approximate surface area is 127 Å². The first-order valence-electron chi connectivity index (χ1n) is 5.03. The summed E-state index contributed by atoms with van der Waals surface area (Å²) in [6.45, 7) is -0.252. The van der Waals surface area contributed by atoms with Crippen LogP contribution in [0.25, 0.3) is 0 Å². The average molecular weight is 340 g/mol. The Morgan fingerprint density at radius 2 is 2.00 bits per heavy atom. The molecular weight excluding hydrogens is 334 g/mol. The number of Topliss-reactive ketones (excluding diaryl/α,β-unsaturated/α-hetero) is 1. The molecule has 0 fully saturated rings. The second kappa shape index (κ2) is 6.09. The molecule has 0 N–H and O–H groups in total. The normalized spacial score (nSPS) is 10.5. The van der Waals surface area contributed by atoms with E-state index >= 15 is 0 Å². The molecule has 1 aromatic heterocycles. The number of carbonyl (C=O) groups excluding carboxylic acids is 1. The Hall–Kier alpha value is -0.810. The van der Waals surface area contributed by atoms with Gasteiger partial charge in [0.25, 0.3) is 0 Å². The smallest absolute Gasteiger partial charge is 0.202 e. The zero-order valence-corrected chi connectivity index (χ0v) is 12.3. The van der Waals surface area contributed by atoms with Crippen LogP contribution in [-0.4, -0.2) is 12.4 Å². The van der Waals surface area contributed by atoms with E-state index in [0.717, 1.165) is 17.4 Å². The third-order valence-electron chi connectivity index (χ3n) is 2.21. The summed E-state index contributed by atoms with van der Waals surface area (Å²) in [4.78, 5) is 11.9. The van der Waals surface area contributed by atoms with Crippen LogP contribution in [-0.2, 0) is 0 Å². The Balaban J connectivity index is 2.06. The van der Waals surface area contributed by atoms with Crippen molar-refractivity contribution in [3.8, 4) is 5.75 Å². The molecule has 0 spiro atoms. The fourth-order valence-electron chi connectivity index (χ4n) is 1.34. The molecule has 0 bridgehead atoms. The molecule has 0 saturated heterocycles. The third kappa shape index (κ3) is 3.60. The minimum Gasteiger partial charge on any atom is -0.484 e. The van der Waals surface area contributed by atoms with Crippen molar-refractivity contribution in [2.45, 2.75) is 0 Å². The summed E-state index contributed by atoms with van der Waals surface area (Å²) < 4.78 is 18.8. The molecule has 0 atom stereocenters. The van der Waals surface area contributed by atoms with E-state index in [9.17, 15) is 9.18 Å². The lowest BCUT2D eigenvalue weighted by Gasteiger charge is -2.06. The second-order valence-electron chi connectivity index (χ2n) is 3.52. The summed E-state index contributed by atoms with van der Waals surface area (Å²) in [5.74, 6) is -0.571. The number of hydrogen-bond donors (Lipinski definition) is 0. The molecule has 0 aliphatic rings. The van der Waals surface area contributed by atoms with Crippen LogP contribution in [0.1, 0.15) is 10.4 Å². The van der Waals surface area contributed by atoms with Gasteiger partial charge in [-0.15, -0.1) is 11.3 Å². The molecule has 2 nitrogen and oxygen atoms in total. The molecule has 0 amide bonds. The Morgan fingerprint density at radius 1 is 1.26 bits per heavy atom. The minimum atomic E-state index is -0.476. The topological polar surface area (TPSA) is 26.3 Å². The van der Waals surface area contributed by atoms with Crippen LogP contribution in [0.2, 0.25) is 13.7 Å². The molecule has 7 heteroatoms. The van der Waals surface area contributed by atoms with Crippen LogP contribution in [0, 0.1) is 5.82 Å². The highest BCUT2D eigenvalue weighted by molar-refractivity contribution is 7.20. The molecule has 0 unspecified atom stereocenters. The highest BCUT2D eigenvalue weighted by atomic mass is 35.5. The first-order chi connectivity index (χ1) is 8.97. The predicted molar refractivity (Wildman–Crippen MR) is 75.6 cm³/mol. The van der Waals surface area contributed by atoms with Gasteiger partial charge in [-0.05, 0) is 24.3 Å². The highest BCUT2D eigenvalue weighted by Crippen LogP contribution is 2.32. The van der Waals surface area contributed by atoms with E-state index in [-0.39, 0.29) is 23.2 Å². The van der Waals surface area contributed by atoms with Crippen LogP contribution in [0.5, 0.6) is 5.75 Å². The van der Waals surface area contributed by atoms with Crippen LogP contribution in [0.3, 0.4) is 0 Å². The zero-order chi connectivity index (χ0) is 14.0. The number of ether oxygens (including phenoxy) is 1. The van der Waals surface area contributed by atoms with Crippen LogP contribution in [0.4, 0.5) is 4.39 Å². The number of rotatable bonds is 4. The number of benzene rings is 1. The van der Waals surface area contributed by atoms with E-state index < -0.39 is 5.82 Å². The van der Waals surface area contributed by atoms with Crippen molar-refractivity contribution in [2.75, 3.05) is 6.61 Å². The van der Waals surface area contributed by atoms with Gasteiger partial charge in [-0.3, -0.25) is 4.79 Å². The lowest BCUT2D eigenvalue weighted by molar-refractivity contribution is 0.0922. The maximum atomic E-state index is 12.8. The molecule has 0 aliphatic heterocycles. The highest BCUT2D eigenvalue weighted by Gasteiger charge is 2.15. The summed E-state index contributed by atoms with van der Waals surface area (Å²) in [6.07, 6.45) is 0. The van der Waals surface area contributed by atoms with Gasteiger partial charge in [-0.2, -0.15) is 0 Å². The first-order valence-corrected chi connectivity index (χ1v) is 6.98. The van der Waals surface area contributed by atoms with E-state index in [1.807, 2.05) is 0 Å². The van der Waals surface area contributed by atoms with Gasteiger partial charge in [0.15, 0.2) is 6.61 Å². The molecule has 1 aromatic carbocycles. The van der Waals surface area contributed by atoms with Crippen molar-refractivity contribution < 1.29 is 13.9 Å². The summed E-state index contributed by atoms with van der Waals surface area (Å²) in [7, 11) is 0. The Kier molecular flexibility index (Phi) is 4.68. The van der Waals surface area contributed by atoms with E-state index in [1.165, 1.54) is 18.2 Å². The van der Waals surface area contributed by atoms with Gasteiger partial charge in [0.1, 0.15) is 15.9 Å². The summed E-state index contributed by atoms with van der Waals surface area (Å²) >= 11 is 18.5. The molecule has 2 aromatic rings. The SMILES string of the molecule is O=C(COc1ccc(F)cc1Cl)c1cc(Cl)sc1Cl. The molecule has 19 heavy (non-hydrogen) atoms. The molecule has 100 valence electrons. The van der Waals surface area contributed by atoms with E-state index in [0.29, 0.717) is 14.2 Å². The quantitative estimate of drug-likeness (QED) is 0.724. The van der Waals surface area contributed by atoms with E-state index in [1.54, 1.807) is 0 Å². The fourth-order valence-corrected chi connectivity index (χ4v) is 3.06. The molecule has 0 saturated carbocycles. The summed E-state index contributed by atoms with van der Waals surface area (Å²) in [6, 6.07) is 5.13. The van der Waals surface area contributed by atoms with Crippen molar-refractivity contribution in [3.63, 3.8) is 0 Å². The van der Waals surface area contributed by atoms with Crippen LogP contribution in [0.15, 0.2) is 24.3 Å². The predicted octanol–water partition coefficient (Wildman–Crippen LogP) is 5.11. The lowest BCUT2D eigenvalue weighted by Crippen LogP contribution is -2.11. The zero-order valence-electron chi connectivity index (χ0n) is 9.25. The van der Waals surface area contributed by atoms with Crippen LogP contribution >= 0.6 is 46.1 Å². The van der Waals surface area contributed by atoms with Crippen molar-refractivity contribution in [1.29, 1.82) is 0 Å². The molecule has 0 aliphatic carbocycles. The van der Waals surface area contributed by atoms with Gasteiger partial charge in [0.2, 0.25) is 5.78 Å². The molecule has 0 radical (unpaired) electrons. The van der Waals surface area contributed by atoms with E-state index in [4.69, 9.17) is 39.5 Å². The number of thiophene rings is 1. The first kappa shape index (κ1) is 14.6. The molecule has 2 rings (SSSR count). The van der Waals surface area contributed by atoms with Crippen molar-refractivity contribution in [3.05, 3.63) is 49.3 Å². The molecular formula is C12H6Cl3FO2S. The Bertz CT molecular complexity index is 627. The van der Waals surface area contributed by atoms with Gasteiger partial charge in [-0.1, -0.05) is 34.8 Å². The summed E-state index contributed by atoms with van der Waals surface area (Å²) in [5.41, 5.74) is 0.301. The van der Waals surface area contributed by atoms with Gasteiger partial charge in [-0.25, -0.2) is 4.39 Å². The minimum absolute atomic E-state index is 0.0993. The fraction of sp³-hybridized carbons (Fsp3) is 0.0833. The average Bonchev–Trinajstić information content (AvgIpc) is 2.67. The van der Waals surface area contributed by atoms with Crippen molar-refractivity contribution >= 4 is 51.9 Å². The number of ketones is 1. The summed E-state index contributed by atoms with van der Waals surface area (Å²) in [5, 5.41) is 0.0993. The number of hydrogen-bond acceptors (Lipinski definition) is 3. The van der Waals surface area contributed by atoms with Gasteiger partial charge >= 0.3 is 0 Å². The lowest BCUT2D eigenvalue weighted by atomic mass is 10.2. The molecule has 1 heterocycles. The largest absolute Gasteiger partial charge is 0.484 e.